The third-order valence-corrected chi connectivity index (χ3v) is 1.54. The smallest absolute Gasteiger partial charge is 0.0529 e. The van der Waals surface area contributed by atoms with Crippen molar-refractivity contribution in [3.8, 4) is 0 Å². The van der Waals surface area contributed by atoms with Crippen LogP contribution in [-0.2, 0) is 0 Å². The van der Waals surface area contributed by atoms with Crippen molar-refractivity contribution < 1.29 is 0 Å². The van der Waals surface area contributed by atoms with Gasteiger partial charge in [-0.2, -0.15) is 0 Å². The quantitative estimate of drug-likeness (QED) is 0.369. The van der Waals surface area contributed by atoms with E-state index in [9.17, 15) is 0 Å². The van der Waals surface area contributed by atoms with Crippen LogP contribution in [0.5, 0.6) is 0 Å². The summed E-state index contributed by atoms with van der Waals surface area (Å²) >= 11 is 0. The molecule has 0 radical (unpaired) electrons. The molecule has 0 bridgehead atoms. The molecule has 0 aliphatic carbocycles. The molecule has 0 unspecified atom stereocenters. The largest absolute Gasteiger partial charge is 0.329 e. The number of likely N-dealkylation sites (N-methyl/N-ethyl adjacent to an activating group) is 1. The predicted molar refractivity (Wildman–Crippen MR) is 43.6 cm³/mol. The average Bonchev–Trinajstić information content (AvgIpc) is 2.00. The van der Waals surface area contributed by atoms with Gasteiger partial charge in [0, 0.05) is 19.6 Å². The highest BCUT2D eigenvalue weighted by molar-refractivity contribution is 4.88. The Bertz CT molecular complexity index is 79.8. The van der Waals surface area contributed by atoms with E-state index in [-0.39, 0.29) is 0 Å². The lowest BCUT2D eigenvalue weighted by Gasteiger charge is -2.25. The Labute approximate surface area is 62.1 Å². The zero-order valence-electron chi connectivity index (χ0n) is 6.56. The Balaban J connectivity index is 3.58. The third kappa shape index (κ3) is 3.12. The van der Waals surface area contributed by atoms with Crippen LogP contribution in [0, 0.1) is 0 Å². The molecule has 0 aliphatic rings. The first-order valence-corrected chi connectivity index (χ1v) is 3.58. The molecule has 62 valence electrons. The zero-order valence-corrected chi connectivity index (χ0v) is 6.56. The fourth-order valence-corrected chi connectivity index (χ4v) is 0.602. The van der Waals surface area contributed by atoms with Gasteiger partial charge in [-0.25, -0.2) is 0 Å². The van der Waals surface area contributed by atoms with E-state index in [1.165, 1.54) is 0 Å². The summed E-state index contributed by atoms with van der Waals surface area (Å²) in [7, 11) is 0. The predicted octanol–water partition coefficient (Wildman–Crippen LogP) is -1.79. The van der Waals surface area contributed by atoms with Crippen LogP contribution >= 0.6 is 0 Å². The SMILES string of the molecule is CCNCC(N)(CN)CN. The molecule has 0 rings (SSSR count). The van der Waals surface area contributed by atoms with Gasteiger partial charge >= 0.3 is 0 Å². The Morgan fingerprint density at radius 1 is 1.30 bits per heavy atom. The van der Waals surface area contributed by atoms with E-state index >= 15 is 0 Å². The summed E-state index contributed by atoms with van der Waals surface area (Å²) in [5, 5.41) is 3.11. The first-order chi connectivity index (χ1) is 4.68. The van der Waals surface area contributed by atoms with Crippen molar-refractivity contribution in [1.82, 2.24) is 5.32 Å². The van der Waals surface area contributed by atoms with Gasteiger partial charge in [0.15, 0.2) is 0 Å². The summed E-state index contributed by atoms with van der Waals surface area (Å²) < 4.78 is 0. The van der Waals surface area contributed by atoms with Crippen LogP contribution in [0.4, 0.5) is 0 Å². The van der Waals surface area contributed by atoms with Crippen LogP contribution in [0.1, 0.15) is 6.92 Å². The molecular weight excluding hydrogens is 128 g/mol. The minimum Gasteiger partial charge on any atom is -0.329 e. The number of nitrogens with one attached hydrogen (secondary N) is 1. The topological polar surface area (TPSA) is 90.1 Å². The van der Waals surface area contributed by atoms with Crippen molar-refractivity contribution in [3.05, 3.63) is 0 Å². The van der Waals surface area contributed by atoms with Crippen molar-refractivity contribution in [2.45, 2.75) is 12.5 Å². The van der Waals surface area contributed by atoms with E-state index in [2.05, 4.69) is 5.32 Å². The van der Waals surface area contributed by atoms with Crippen molar-refractivity contribution in [1.29, 1.82) is 0 Å². The lowest BCUT2D eigenvalue weighted by atomic mass is 10.0. The van der Waals surface area contributed by atoms with Gasteiger partial charge in [-0.15, -0.1) is 0 Å². The van der Waals surface area contributed by atoms with Crippen LogP contribution < -0.4 is 22.5 Å². The monoisotopic (exact) mass is 146 g/mol. The molecular formula is C6H18N4. The molecule has 0 spiro atoms. The summed E-state index contributed by atoms with van der Waals surface area (Å²) in [5.74, 6) is 0. The molecule has 10 heavy (non-hydrogen) atoms. The van der Waals surface area contributed by atoms with Gasteiger partial charge in [-0.05, 0) is 6.54 Å². The fraction of sp³-hybridized carbons (Fsp3) is 1.00. The van der Waals surface area contributed by atoms with Crippen LogP contribution in [0.15, 0.2) is 0 Å². The normalized spacial score (nSPS) is 12.0. The van der Waals surface area contributed by atoms with Gasteiger partial charge < -0.3 is 22.5 Å². The average molecular weight is 146 g/mol. The minimum absolute atomic E-state index is 0.421. The second-order valence-corrected chi connectivity index (χ2v) is 2.55. The second-order valence-electron chi connectivity index (χ2n) is 2.55. The minimum atomic E-state index is -0.421. The summed E-state index contributed by atoms with van der Waals surface area (Å²) in [6, 6.07) is 0. The molecule has 0 saturated heterocycles. The maximum absolute atomic E-state index is 5.77. The highest BCUT2D eigenvalue weighted by atomic mass is 15.0. The molecule has 0 amide bonds. The van der Waals surface area contributed by atoms with Gasteiger partial charge in [-0.3, -0.25) is 0 Å². The van der Waals surface area contributed by atoms with Crippen molar-refractivity contribution in [2.75, 3.05) is 26.2 Å². The van der Waals surface area contributed by atoms with E-state index in [1.54, 1.807) is 0 Å². The molecule has 0 saturated carbocycles. The summed E-state index contributed by atoms with van der Waals surface area (Å²) in [4.78, 5) is 0. The van der Waals surface area contributed by atoms with Gasteiger partial charge in [-0.1, -0.05) is 6.92 Å². The standard InChI is InChI=1S/C6H18N4/c1-2-10-5-6(9,3-7)4-8/h10H,2-5,7-9H2,1H3. The number of hydrogen-bond donors (Lipinski definition) is 4. The Kier molecular flexibility index (Phi) is 4.55. The molecule has 7 N–H and O–H groups in total. The van der Waals surface area contributed by atoms with Crippen LogP contribution in [-0.4, -0.2) is 31.7 Å². The first kappa shape index (κ1) is 9.84. The van der Waals surface area contributed by atoms with Gasteiger partial charge in [0.25, 0.3) is 0 Å². The molecule has 0 aromatic carbocycles. The molecule has 0 atom stereocenters. The third-order valence-electron chi connectivity index (χ3n) is 1.54. The van der Waals surface area contributed by atoms with E-state index in [1.807, 2.05) is 6.92 Å². The molecule has 4 nitrogen and oxygen atoms in total. The summed E-state index contributed by atoms with van der Waals surface area (Å²) in [6.07, 6.45) is 0. The zero-order chi connectivity index (χ0) is 8.04. The van der Waals surface area contributed by atoms with Gasteiger partial charge in [0.05, 0.1) is 5.54 Å². The molecule has 0 heterocycles. The van der Waals surface area contributed by atoms with E-state index in [4.69, 9.17) is 17.2 Å². The number of nitrogens with two attached hydrogens (primary N) is 3. The highest BCUT2D eigenvalue weighted by Gasteiger charge is 2.19. The van der Waals surface area contributed by atoms with Crippen LogP contribution in [0.2, 0.25) is 0 Å². The van der Waals surface area contributed by atoms with Gasteiger partial charge in [0.1, 0.15) is 0 Å². The molecule has 0 fully saturated rings. The Morgan fingerprint density at radius 3 is 2.10 bits per heavy atom. The van der Waals surface area contributed by atoms with E-state index < -0.39 is 5.54 Å². The van der Waals surface area contributed by atoms with Crippen molar-refractivity contribution in [2.24, 2.45) is 17.2 Å². The molecule has 0 aliphatic heterocycles. The Hall–Kier alpha value is -0.160. The maximum Gasteiger partial charge on any atom is 0.0529 e. The highest BCUT2D eigenvalue weighted by Crippen LogP contribution is 1.90. The lowest BCUT2D eigenvalue weighted by molar-refractivity contribution is 0.417. The fourth-order valence-electron chi connectivity index (χ4n) is 0.602. The molecule has 4 heteroatoms. The Morgan fingerprint density at radius 2 is 1.80 bits per heavy atom. The number of hydrogen-bond acceptors (Lipinski definition) is 4. The van der Waals surface area contributed by atoms with Crippen LogP contribution in [0.25, 0.3) is 0 Å². The van der Waals surface area contributed by atoms with Crippen LogP contribution in [0.3, 0.4) is 0 Å². The summed E-state index contributed by atoms with van der Waals surface area (Å²) in [6.45, 7) is 4.47. The number of rotatable bonds is 5. The van der Waals surface area contributed by atoms with Gasteiger partial charge in [0.2, 0.25) is 0 Å². The lowest BCUT2D eigenvalue weighted by Crippen LogP contribution is -2.59. The van der Waals surface area contributed by atoms with E-state index in [0.717, 1.165) is 6.54 Å². The second kappa shape index (κ2) is 4.62. The molecule has 0 aromatic rings. The van der Waals surface area contributed by atoms with E-state index in [0.29, 0.717) is 19.6 Å². The van der Waals surface area contributed by atoms with Crippen molar-refractivity contribution >= 4 is 0 Å². The first-order valence-electron chi connectivity index (χ1n) is 3.58. The van der Waals surface area contributed by atoms with Crippen molar-refractivity contribution in [3.63, 3.8) is 0 Å². The maximum atomic E-state index is 5.77. The summed E-state index contributed by atoms with van der Waals surface area (Å²) in [5.41, 5.74) is 16.2. The molecule has 0 aromatic heterocycles.